The number of pyridine rings is 1. The van der Waals surface area contributed by atoms with E-state index in [0.717, 1.165) is 28.8 Å². The van der Waals surface area contributed by atoms with Gasteiger partial charge in [-0.3, -0.25) is 4.79 Å². The molecule has 26 heavy (non-hydrogen) atoms. The van der Waals surface area contributed by atoms with E-state index in [9.17, 15) is 9.90 Å². The highest BCUT2D eigenvalue weighted by atomic mass is 16.5. The fraction of sp³-hybridized carbons (Fsp3) is 0.429. The molecule has 0 saturated carbocycles. The van der Waals surface area contributed by atoms with Crippen LogP contribution in [0, 0.1) is 5.41 Å². The summed E-state index contributed by atoms with van der Waals surface area (Å²) in [6.45, 7) is 7.77. The van der Waals surface area contributed by atoms with E-state index in [4.69, 9.17) is 4.74 Å². The van der Waals surface area contributed by atoms with Crippen LogP contribution in [0.2, 0.25) is 0 Å². The molecule has 0 radical (unpaired) electrons. The van der Waals surface area contributed by atoms with Crippen LogP contribution >= 0.6 is 0 Å². The third-order valence-corrected chi connectivity index (χ3v) is 4.23. The van der Waals surface area contributed by atoms with Crippen molar-refractivity contribution in [3.63, 3.8) is 0 Å². The van der Waals surface area contributed by atoms with Crippen LogP contribution in [0.15, 0.2) is 30.3 Å². The van der Waals surface area contributed by atoms with E-state index in [1.54, 1.807) is 13.2 Å². The fourth-order valence-corrected chi connectivity index (χ4v) is 2.68. The second-order valence-electron chi connectivity index (χ2n) is 7.26. The molecule has 0 fully saturated rings. The molecule has 5 heteroatoms. The van der Waals surface area contributed by atoms with Crippen LogP contribution < -0.4 is 10.1 Å². The van der Waals surface area contributed by atoms with Gasteiger partial charge in [0, 0.05) is 17.6 Å². The summed E-state index contributed by atoms with van der Waals surface area (Å²) in [5.41, 5.74) is 3.35. The van der Waals surface area contributed by atoms with Gasteiger partial charge in [0.25, 0.3) is 0 Å². The summed E-state index contributed by atoms with van der Waals surface area (Å²) >= 11 is 0. The van der Waals surface area contributed by atoms with E-state index < -0.39 is 5.41 Å². The Morgan fingerprint density at radius 3 is 2.54 bits per heavy atom. The van der Waals surface area contributed by atoms with Crippen molar-refractivity contribution < 1.29 is 14.6 Å². The number of aryl methyl sites for hydroxylation is 1. The number of benzene rings is 1. The minimum atomic E-state index is -0.489. The summed E-state index contributed by atoms with van der Waals surface area (Å²) in [7, 11) is 1.62. The first-order valence-electron chi connectivity index (χ1n) is 8.89. The summed E-state index contributed by atoms with van der Waals surface area (Å²) in [5, 5.41) is 12.1. The van der Waals surface area contributed by atoms with Crippen LogP contribution in [0.1, 0.15) is 38.8 Å². The number of aliphatic hydroxyl groups is 1. The minimum absolute atomic E-state index is 0.0818. The number of amides is 1. The number of aromatic nitrogens is 1. The molecule has 1 aromatic carbocycles. The molecule has 1 aromatic heterocycles. The number of aliphatic hydroxyl groups excluding tert-OH is 1. The van der Waals surface area contributed by atoms with Crippen molar-refractivity contribution in [1.82, 2.24) is 4.98 Å². The Bertz CT molecular complexity index is 779. The monoisotopic (exact) mass is 356 g/mol. The van der Waals surface area contributed by atoms with Crippen molar-refractivity contribution in [2.75, 3.05) is 19.0 Å². The molecule has 5 nitrogen and oxygen atoms in total. The molecule has 0 aliphatic rings. The predicted octanol–water partition coefficient (Wildman–Crippen LogP) is 3.84. The quantitative estimate of drug-likeness (QED) is 0.825. The van der Waals surface area contributed by atoms with Crippen LogP contribution in [0.5, 0.6) is 5.75 Å². The maximum absolute atomic E-state index is 12.2. The maximum Gasteiger partial charge on any atom is 0.230 e. The van der Waals surface area contributed by atoms with Gasteiger partial charge >= 0.3 is 0 Å². The van der Waals surface area contributed by atoms with E-state index in [0.29, 0.717) is 18.0 Å². The lowest BCUT2D eigenvalue weighted by Gasteiger charge is -2.18. The Labute approximate surface area is 155 Å². The van der Waals surface area contributed by atoms with E-state index in [2.05, 4.69) is 23.3 Å². The third-order valence-electron chi connectivity index (χ3n) is 4.23. The summed E-state index contributed by atoms with van der Waals surface area (Å²) in [6.07, 6.45) is 1.45. The van der Waals surface area contributed by atoms with Gasteiger partial charge in [-0.1, -0.05) is 33.8 Å². The lowest BCUT2D eigenvalue weighted by molar-refractivity contribution is -0.123. The zero-order valence-corrected chi connectivity index (χ0v) is 16.2. The van der Waals surface area contributed by atoms with Crippen molar-refractivity contribution in [3.05, 3.63) is 41.5 Å². The van der Waals surface area contributed by atoms with E-state index in [1.165, 1.54) is 0 Å². The highest BCUT2D eigenvalue weighted by molar-refractivity contribution is 5.94. The number of carbonyl (C=O) groups is 1. The van der Waals surface area contributed by atoms with Crippen molar-refractivity contribution >= 4 is 11.7 Å². The molecule has 1 amide bonds. The minimum Gasteiger partial charge on any atom is -0.496 e. The number of anilines is 1. The molecule has 2 rings (SSSR count). The fourth-order valence-electron chi connectivity index (χ4n) is 2.68. The molecule has 0 aliphatic heterocycles. The number of ether oxygens (including phenoxy) is 1. The van der Waals surface area contributed by atoms with Crippen LogP contribution in [-0.4, -0.2) is 29.7 Å². The van der Waals surface area contributed by atoms with Gasteiger partial charge in [0.15, 0.2) is 0 Å². The van der Waals surface area contributed by atoms with E-state index >= 15 is 0 Å². The zero-order valence-electron chi connectivity index (χ0n) is 16.2. The van der Waals surface area contributed by atoms with Crippen LogP contribution in [0.3, 0.4) is 0 Å². The zero-order chi connectivity index (χ0) is 19.3. The molecular formula is C21H28N2O3. The number of nitrogens with one attached hydrogen (secondary N) is 1. The molecule has 0 unspecified atom stereocenters. The number of hydrogen-bond acceptors (Lipinski definition) is 4. The molecular weight excluding hydrogens is 328 g/mol. The van der Waals surface area contributed by atoms with Gasteiger partial charge in [-0.2, -0.15) is 0 Å². The highest BCUT2D eigenvalue weighted by Gasteiger charge is 2.22. The van der Waals surface area contributed by atoms with Gasteiger partial charge in [-0.05, 0) is 48.2 Å². The highest BCUT2D eigenvalue weighted by Crippen LogP contribution is 2.33. The summed E-state index contributed by atoms with van der Waals surface area (Å²) < 4.78 is 5.55. The molecule has 0 saturated heterocycles. The SMILES string of the molecule is CCc1cc(-c2cccc(NC(=O)C(C)(C)C)n2)c(OC)cc1CCO. The first kappa shape index (κ1) is 19.9. The Morgan fingerprint density at radius 2 is 1.96 bits per heavy atom. The molecule has 2 aromatic rings. The molecule has 1 heterocycles. The van der Waals surface area contributed by atoms with Crippen molar-refractivity contribution in [1.29, 1.82) is 0 Å². The Hall–Kier alpha value is -2.40. The summed E-state index contributed by atoms with van der Waals surface area (Å²) in [5.74, 6) is 1.14. The maximum atomic E-state index is 12.2. The van der Waals surface area contributed by atoms with Gasteiger partial charge in [0.05, 0.1) is 12.8 Å². The smallest absolute Gasteiger partial charge is 0.230 e. The molecule has 2 N–H and O–H groups in total. The van der Waals surface area contributed by atoms with Crippen molar-refractivity contribution in [3.8, 4) is 17.0 Å². The average Bonchev–Trinajstić information content (AvgIpc) is 2.61. The summed E-state index contributed by atoms with van der Waals surface area (Å²) in [4.78, 5) is 16.8. The predicted molar refractivity (Wildman–Crippen MR) is 104 cm³/mol. The third kappa shape index (κ3) is 4.61. The van der Waals surface area contributed by atoms with Gasteiger partial charge in [-0.15, -0.1) is 0 Å². The Kier molecular flexibility index (Phi) is 6.37. The topological polar surface area (TPSA) is 71.5 Å². The molecule has 140 valence electrons. The van der Waals surface area contributed by atoms with Gasteiger partial charge in [0.1, 0.15) is 11.6 Å². The molecule has 0 atom stereocenters. The lowest BCUT2D eigenvalue weighted by Crippen LogP contribution is -2.28. The van der Waals surface area contributed by atoms with E-state index in [1.807, 2.05) is 39.0 Å². The van der Waals surface area contributed by atoms with Gasteiger partial charge in [-0.25, -0.2) is 4.98 Å². The number of nitrogens with zero attached hydrogens (tertiary/aromatic N) is 1. The Morgan fingerprint density at radius 1 is 1.23 bits per heavy atom. The average molecular weight is 356 g/mol. The second kappa shape index (κ2) is 8.32. The number of carbonyl (C=O) groups excluding carboxylic acids is 1. The largest absolute Gasteiger partial charge is 0.496 e. The second-order valence-corrected chi connectivity index (χ2v) is 7.26. The van der Waals surface area contributed by atoms with Crippen molar-refractivity contribution in [2.24, 2.45) is 5.41 Å². The lowest BCUT2D eigenvalue weighted by atomic mass is 9.95. The molecule has 0 aliphatic carbocycles. The van der Waals surface area contributed by atoms with Crippen LogP contribution in [0.4, 0.5) is 5.82 Å². The number of rotatable bonds is 6. The normalized spacial score (nSPS) is 11.3. The first-order chi connectivity index (χ1) is 12.3. The van der Waals surface area contributed by atoms with Crippen LogP contribution in [0.25, 0.3) is 11.3 Å². The molecule has 0 bridgehead atoms. The van der Waals surface area contributed by atoms with E-state index in [-0.39, 0.29) is 12.5 Å². The first-order valence-corrected chi connectivity index (χ1v) is 8.89. The Balaban J connectivity index is 2.44. The number of methoxy groups -OCH3 is 1. The summed E-state index contributed by atoms with van der Waals surface area (Å²) in [6, 6.07) is 9.57. The van der Waals surface area contributed by atoms with Gasteiger partial charge in [0.2, 0.25) is 5.91 Å². The van der Waals surface area contributed by atoms with Gasteiger partial charge < -0.3 is 15.2 Å². The number of hydrogen-bond donors (Lipinski definition) is 2. The van der Waals surface area contributed by atoms with Crippen molar-refractivity contribution in [2.45, 2.75) is 40.5 Å². The molecule has 0 spiro atoms. The standard InChI is InChI=1S/C21H28N2O3/c1-6-14-12-16(18(26-5)13-15(14)10-11-24)17-8-7-9-19(22-17)23-20(25)21(2,3)4/h7-9,12-13,24H,6,10-11H2,1-5H3,(H,22,23,25). The van der Waals surface area contributed by atoms with Crippen LogP contribution in [-0.2, 0) is 17.6 Å².